The summed E-state index contributed by atoms with van der Waals surface area (Å²) in [6, 6.07) is 1.82. The van der Waals surface area contributed by atoms with Crippen LogP contribution in [0.2, 0.25) is 0 Å². The summed E-state index contributed by atoms with van der Waals surface area (Å²) >= 11 is 0. The van der Waals surface area contributed by atoms with E-state index in [-0.39, 0.29) is 23.7 Å². The van der Waals surface area contributed by atoms with Gasteiger partial charge in [-0.2, -0.15) is 0 Å². The van der Waals surface area contributed by atoms with Crippen LogP contribution in [0, 0.1) is 6.92 Å². The number of esters is 1. The van der Waals surface area contributed by atoms with E-state index >= 15 is 0 Å². The average Bonchev–Trinajstić information content (AvgIpc) is 2.82. The van der Waals surface area contributed by atoms with Crippen molar-refractivity contribution in [2.75, 3.05) is 0 Å². The van der Waals surface area contributed by atoms with Gasteiger partial charge in [0, 0.05) is 29.7 Å². The number of ether oxygens (including phenoxy) is 1. The second-order valence-electron chi connectivity index (χ2n) is 6.81. The third kappa shape index (κ3) is 3.14. The molecule has 0 aromatic carbocycles. The molecule has 1 aromatic rings. The molecule has 24 heavy (non-hydrogen) atoms. The third-order valence-electron chi connectivity index (χ3n) is 4.63. The molecule has 0 unspecified atom stereocenters. The van der Waals surface area contributed by atoms with E-state index < -0.39 is 0 Å². The number of carbonyl (C=O) groups excluding carboxylic acids is 1. The van der Waals surface area contributed by atoms with Crippen LogP contribution in [0.25, 0.3) is 6.08 Å². The van der Waals surface area contributed by atoms with Gasteiger partial charge in [-0.3, -0.25) is 0 Å². The van der Waals surface area contributed by atoms with Crippen LogP contribution in [0.1, 0.15) is 56.1 Å². The fraction of sp³-hybridized carbons (Fsp3) is 0.400. The lowest BCUT2D eigenvalue weighted by molar-refractivity contribution is -0.139. The maximum absolute atomic E-state index is 12.0. The molecule has 3 heterocycles. The molecule has 2 atom stereocenters. The van der Waals surface area contributed by atoms with Gasteiger partial charge < -0.3 is 9.84 Å². The summed E-state index contributed by atoms with van der Waals surface area (Å²) < 4.78 is 11.4. The lowest BCUT2D eigenvalue weighted by atomic mass is 9.89. The lowest BCUT2D eigenvalue weighted by Crippen LogP contribution is -2.08. The van der Waals surface area contributed by atoms with Crippen LogP contribution in [0.3, 0.4) is 0 Å². The summed E-state index contributed by atoms with van der Waals surface area (Å²) in [5, 5.41) is 10.5. The second-order valence-corrected chi connectivity index (χ2v) is 6.81. The van der Waals surface area contributed by atoms with Crippen molar-refractivity contribution in [2.24, 2.45) is 0 Å². The van der Waals surface area contributed by atoms with Gasteiger partial charge >= 0.3 is 17.5 Å². The Hall–Kier alpha value is -2.36. The zero-order valence-electron chi connectivity index (χ0n) is 14.4. The number of aryl methyl sites for hydroxylation is 1. The predicted molar refractivity (Wildman–Crippen MR) is 92.5 cm³/mol. The van der Waals surface area contributed by atoms with Crippen molar-refractivity contribution >= 4 is 12.0 Å². The molecule has 0 radical (unpaired) electrons. The smallest absolute Gasteiger partial charge is 0.378 e. The lowest BCUT2D eigenvalue weighted by Gasteiger charge is -2.12. The largest absolute Gasteiger partial charge is 0.500 e. The monoisotopic (exact) mass is 327 g/mol. The predicted octanol–water partition coefficient (Wildman–Crippen LogP) is 4.67. The van der Waals surface area contributed by atoms with Gasteiger partial charge in [-0.05, 0) is 39.7 Å². The minimum absolute atomic E-state index is 0.149. The van der Waals surface area contributed by atoms with E-state index in [1.165, 1.54) is 0 Å². The van der Waals surface area contributed by atoms with E-state index in [1.807, 2.05) is 39.0 Å². The summed E-state index contributed by atoms with van der Waals surface area (Å²) in [7, 11) is 0. The average molecular weight is 327 g/mol. The molecule has 0 fully saturated rings. The number of rotatable bonds is 1. The second kappa shape index (κ2) is 6.27. The van der Waals surface area contributed by atoms with E-state index in [1.54, 1.807) is 0 Å². The van der Waals surface area contributed by atoms with E-state index in [2.05, 4.69) is 6.58 Å². The molecular formula is C20H23O4+. The van der Waals surface area contributed by atoms with Crippen molar-refractivity contribution < 1.29 is 19.1 Å². The highest BCUT2D eigenvalue weighted by atomic mass is 16.5. The van der Waals surface area contributed by atoms with Crippen molar-refractivity contribution in [3.8, 4) is 5.75 Å². The van der Waals surface area contributed by atoms with Crippen molar-refractivity contribution in [1.29, 1.82) is 0 Å². The first kappa shape index (κ1) is 16.5. The van der Waals surface area contributed by atoms with Crippen molar-refractivity contribution in [3.63, 3.8) is 0 Å². The van der Waals surface area contributed by atoms with Gasteiger partial charge in [-0.15, -0.1) is 0 Å². The highest BCUT2D eigenvalue weighted by molar-refractivity contribution is 5.90. The minimum atomic E-state index is -0.239. The summed E-state index contributed by atoms with van der Waals surface area (Å²) in [5.74, 6) is 0.987. The van der Waals surface area contributed by atoms with Crippen molar-refractivity contribution in [1.82, 2.24) is 0 Å². The first-order chi connectivity index (χ1) is 11.3. The molecule has 4 nitrogen and oxygen atoms in total. The number of carbonyl (C=O) groups is 1. The van der Waals surface area contributed by atoms with Gasteiger partial charge in [0.25, 0.3) is 0 Å². The zero-order valence-corrected chi connectivity index (χ0v) is 14.4. The number of allylic oxidation sites excluding steroid dienone is 1. The van der Waals surface area contributed by atoms with Crippen LogP contribution < -0.4 is 0 Å². The molecule has 4 heteroatoms. The quantitative estimate of drug-likeness (QED) is 0.462. The van der Waals surface area contributed by atoms with Crippen LogP contribution in [0.15, 0.2) is 39.9 Å². The molecule has 4 bridgehead atoms. The van der Waals surface area contributed by atoms with E-state index in [0.717, 1.165) is 16.7 Å². The molecule has 0 amide bonds. The Labute approximate surface area is 142 Å². The Kier molecular flexibility index (Phi) is 4.31. The molecule has 2 aliphatic heterocycles. The van der Waals surface area contributed by atoms with Crippen molar-refractivity contribution in [3.05, 3.63) is 52.5 Å². The minimum Gasteiger partial charge on any atom is -0.500 e. The Morgan fingerprint density at radius 2 is 2.17 bits per heavy atom. The Bertz CT molecular complexity index is 770. The van der Waals surface area contributed by atoms with Crippen LogP contribution in [-0.4, -0.2) is 17.2 Å². The highest BCUT2D eigenvalue weighted by Gasteiger charge is 2.34. The fourth-order valence-corrected chi connectivity index (χ4v) is 3.33. The van der Waals surface area contributed by atoms with Crippen LogP contribution in [-0.2, 0) is 9.53 Å². The van der Waals surface area contributed by atoms with E-state index in [9.17, 15) is 9.90 Å². The molecule has 1 aromatic heterocycles. The molecule has 126 valence electrons. The Morgan fingerprint density at radius 1 is 1.42 bits per heavy atom. The van der Waals surface area contributed by atoms with E-state index in [4.69, 9.17) is 9.15 Å². The standard InChI is InChI=1S/C20H22O4/c1-11(2)17-6-5-14-10-16(24-20(14)22)8-12(3)7-15-9-13(4)18(21)19(17)23-15/h7,9-10,16-17H,1,5-6,8H2,2-4H3/p+1/b12-7-/t16-,17-/m0/s1. The molecule has 1 N–H and O–H groups in total. The van der Waals surface area contributed by atoms with Crippen molar-refractivity contribution in [2.45, 2.75) is 52.1 Å². The highest BCUT2D eigenvalue weighted by Crippen LogP contribution is 2.39. The molecule has 2 aliphatic rings. The van der Waals surface area contributed by atoms with Gasteiger partial charge in [0.15, 0.2) is 0 Å². The zero-order chi connectivity index (χ0) is 17.4. The number of hydrogen-bond acceptors (Lipinski definition) is 3. The van der Waals surface area contributed by atoms with Gasteiger partial charge in [0.2, 0.25) is 5.75 Å². The Morgan fingerprint density at radius 3 is 2.88 bits per heavy atom. The van der Waals surface area contributed by atoms with Crippen LogP contribution in [0.4, 0.5) is 0 Å². The summed E-state index contributed by atoms with van der Waals surface area (Å²) in [6.07, 6.45) is 5.52. The summed E-state index contributed by atoms with van der Waals surface area (Å²) in [4.78, 5) is 12.0. The molecular weight excluding hydrogens is 304 g/mol. The van der Waals surface area contributed by atoms with Crippen LogP contribution >= 0.6 is 0 Å². The molecule has 3 rings (SSSR count). The Balaban J connectivity index is 2.12. The SMILES string of the molecule is C=C(C)[C@@H]1CCC2=C[C@H](C/C(C)=C\c3cc(C)c(O)c1[o+]3)OC2=O. The maximum Gasteiger partial charge on any atom is 0.378 e. The number of hydrogen-bond donors (Lipinski definition) is 1. The summed E-state index contributed by atoms with van der Waals surface area (Å²) in [6.45, 7) is 9.81. The van der Waals surface area contributed by atoms with Gasteiger partial charge in [-0.25, -0.2) is 9.21 Å². The molecule has 0 saturated carbocycles. The number of fused-ring (bicyclic) bond motifs is 3. The van der Waals surface area contributed by atoms with Crippen LogP contribution in [0.5, 0.6) is 5.75 Å². The van der Waals surface area contributed by atoms with Gasteiger partial charge in [0.1, 0.15) is 6.10 Å². The summed E-state index contributed by atoms with van der Waals surface area (Å²) in [5.41, 5.74) is 3.42. The van der Waals surface area contributed by atoms with Gasteiger partial charge in [-0.1, -0.05) is 17.7 Å². The first-order valence-corrected chi connectivity index (χ1v) is 8.26. The third-order valence-corrected chi connectivity index (χ3v) is 4.63. The molecule has 0 spiro atoms. The topological polar surface area (TPSA) is 57.8 Å². The fourth-order valence-electron chi connectivity index (χ4n) is 3.33. The van der Waals surface area contributed by atoms with E-state index in [0.29, 0.717) is 36.4 Å². The van der Waals surface area contributed by atoms with Gasteiger partial charge in [0.05, 0.1) is 5.92 Å². The normalized spacial score (nSPS) is 25.7. The number of aromatic hydroxyl groups is 1. The first-order valence-electron chi connectivity index (χ1n) is 8.26. The molecule has 0 aliphatic carbocycles. The molecule has 0 saturated heterocycles. The maximum atomic E-state index is 12.0.